The molecule has 3 rings (SSSR count). The van der Waals surface area contributed by atoms with E-state index >= 15 is 0 Å². The van der Waals surface area contributed by atoms with Gasteiger partial charge in [-0.25, -0.2) is 0 Å². The van der Waals surface area contributed by atoms with Crippen LogP contribution in [0.15, 0.2) is 33.9 Å². The van der Waals surface area contributed by atoms with Crippen LogP contribution >= 0.6 is 23.4 Å². The minimum absolute atomic E-state index is 0.129. The number of benzene rings is 1. The number of nitrogens with zero attached hydrogens (tertiary/aromatic N) is 3. The summed E-state index contributed by atoms with van der Waals surface area (Å²) in [7, 11) is 0. The van der Waals surface area contributed by atoms with Gasteiger partial charge >= 0.3 is 0 Å². The molecule has 134 valence electrons. The molecule has 1 fully saturated rings. The largest absolute Gasteiger partial charge is 0.484 e. The third-order valence-corrected chi connectivity index (χ3v) is 4.96. The second-order valence-corrected chi connectivity index (χ2v) is 7.15. The van der Waals surface area contributed by atoms with E-state index in [4.69, 9.17) is 20.8 Å². The fraction of sp³-hybridized carbons (Fsp3) is 0.471. The van der Waals surface area contributed by atoms with Gasteiger partial charge in [0, 0.05) is 18.1 Å². The van der Waals surface area contributed by atoms with Crippen LogP contribution in [0.2, 0.25) is 5.02 Å². The van der Waals surface area contributed by atoms with E-state index in [1.807, 2.05) is 4.90 Å². The van der Waals surface area contributed by atoms with Crippen LogP contribution < -0.4 is 4.74 Å². The maximum atomic E-state index is 12.2. The summed E-state index contributed by atoms with van der Waals surface area (Å²) in [5.74, 6) is 1.50. The average molecular weight is 382 g/mol. The van der Waals surface area contributed by atoms with Crippen LogP contribution in [0.4, 0.5) is 0 Å². The van der Waals surface area contributed by atoms with Crippen LogP contribution in [0.25, 0.3) is 0 Å². The van der Waals surface area contributed by atoms with E-state index in [2.05, 4.69) is 10.2 Å². The van der Waals surface area contributed by atoms with Gasteiger partial charge in [-0.3, -0.25) is 4.79 Å². The summed E-state index contributed by atoms with van der Waals surface area (Å²) in [5, 5.41) is 8.93. The molecule has 0 N–H and O–H groups in total. The van der Waals surface area contributed by atoms with E-state index in [1.165, 1.54) is 24.6 Å². The van der Waals surface area contributed by atoms with Gasteiger partial charge < -0.3 is 14.1 Å². The summed E-state index contributed by atoms with van der Waals surface area (Å²) in [6.45, 7) is 1.88. The lowest BCUT2D eigenvalue weighted by Gasteiger charge is -2.19. The van der Waals surface area contributed by atoms with Gasteiger partial charge in [0.15, 0.2) is 6.61 Å². The van der Waals surface area contributed by atoms with Crippen LogP contribution in [0.1, 0.15) is 31.6 Å². The fourth-order valence-electron chi connectivity index (χ4n) is 2.57. The van der Waals surface area contributed by atoms with Crippen molar-refractivity contribution in [3.8, 4) is 5.75 Å². The molecule has 0 saturated carbocycles. The lowest BCUT2D eigenvalue weighted by atomic mass is 10.2. The molecule has 1 aliphatic rings. The molecule has 8 heteroatoms. The molecule has 1 amide bonds. The third kappa shape index (κ3) is 5.64. The quantitative estimate of drug-likeness (QED) is 0.709. The van der Waals surface area contributed by atoms with Crippen LogP contribution in [-0.4, -0.2) is 39.8 Å². The Hall–Kier alpha value is -1.73. The van der Waals surface area contributed by atoms with E-state index < -0.39 is 0 Å². The summed E-state index contributed by atoms with van der Waals surface area (Å²) >= 11 is 7.10. The van der Waals surface area contributed by atoms with Gasteiger partial charge in [0.1, 0.15) is 5.75 Å². The second kappa shape index (κ2) is 9.10. The van der Waals surface area contributed by atoms with E-state index in [1.54, 1.807) is 24.3 Å². The molecular weight excluding hydrogens is 362 g/mol. The van der Waals surface area contributed by atoms with Gasteiger partial charge in [-0.2, -0.15) is 0 Å². The highest BCUT2D eigenvalue weighted by atomic mass is 35.5. The number of amides is 1. The highest BCUT2D eigenvalue weighted by Gasteiger charge is 2.17. The Balaban J connectivity index is 1.44. The molecule has 0 radical (unpaired) electrons. The zero-order chi connectivity index (χ0) is 17.5. The average Bonchev–Trinajstić information content (AvgIpc) is 2.90. The Morgan fingerprint density at radius 3 is 2.60 bits per heavy atom. The summed E-state index contributed by atoms with van der Waals surface area (Å²) in [4.78, 5) is 14.2. The van der Waals surface area contributed by atoms with Gasteiger partial charge in [-0.05, 0) is 37.1 Å². The Morgan fingerprint density at radius 1 is 1.16 bits per heavy atom. The number of rotatable bonds is 6. The zero-order valence-corrected chi connectivity index (χ0v) is 15.4. The Bertz CT molecular complexity index is 685. The Morgan fingerprint density at radius 2 is 1.88 bits per heavy atom. The minimum Gasteiger partial charge on any atom is -0.484 e. The number of hydrogen-bond donors (Lipinski definition) is 0. The number of likely N-dealkylation sites (tertiary alicyclic amines) is 1. The van der Waals surface area contributed by atoms with Crippen LogP contribution in [0.3, 0.4) is 0 Å². The summed E-state index contributed by atoms with van der Waals surface area (Å²) in [5.41, 5.74) is 0. The lowest BCUT2D eigenvalue weighted by molar-refractivity contribution is -0.128. The van der Waals surface area contributed by atoms with E-state index in [0.717, 1.165) is 25.9 Å². The van der Waals surface area contributed by atoms with Gasteiger partial charge in [0.05, 0.1) is 5.75 Å². The van der Waals surface area contributed by atoms with E-state index in [9.17, 15) is 4.79 Å². The maximum Gasteiger partial charge on any atom is 0.277 e. The molecule has 2 aromatic rings. The molecule has 0 aliphatic carbocycles. The van der Waals surface area contributed by atoms with Crippen molar-refractivity contribution in [2.45, 2.75) is 37.5 Å². The summed E-state index contributed by atoms with van der Waals surface area (Å²) < 4.78 is 11.1. The first kappa shape index (κ1) is 18.1. The van der Waals surface area contributed by atoms with Crippen LogP contribution in [-0.2, 0) is 11.4 Å². The first-order valence-corrected chi connectivity index (χ1v) is 9.68. The molecular formula is C17H20ClN3O3S. The molecule has 2 heterocycles. The number of hydrogen-bond acceptors (Lipinski definition) is 6. The lowest BCUT2D eigenvalue weighted by Crippen LogP contribution is -2.33. The molecule has 1 aromatic carbocycles. The fourth-order valence-corrected chi connectivity index (χ4v) is 3.37. The summed E-state index contributed by atoms with van der Waals surface area (Å²) in [6.07, 6.45) is 4.58. The predicted octanol–water partition coefficient (Wildman–Crippen LogP) is 3.80. The van der Waals surface area contributed by atoms with Crippen molar-refractivity contribution in [2.24, 2.45) is 0 Å². The monoisotopic (exact) mass is 381 g/mol. The molecule has 0 spiro atoms. The van der Waals surface area contributed by atoms with E-state index in [0.29, 0.717) is 27.6 Å². The normalized spacial score (nSPS) is 15.0. The zero-order valence-electron chi connectivity index (χ0n) is 13.8. The van der Waals surface area contributed by atoms with Crippen molar-refractivity contribution in [2.75, 3.05) is 18.8 Å². The number of carbonyl (C=O) groups is 1. The summed E-state index contributed by atoms with van der Waals surface area (Å²) in [6, 6.07) is 7.04. The molecule has 0 unspecified atom stereocenters. The SMILES string of the molecule is O=C(CSc1nnc(COc2ccc(Cl)cc2)o1)N1CCCCCC1. The number of aromatic nitrogens is 2. The van der Waals surface area contributed by atoms with Crippen LogP contribution in [0.5, 0.6) is 5.75 Å². The van der Waals surface area contributed by atoms with Crippen molar-refractivity contribution in [3.63, 3.8) is 0 Å². The van der Waals surface area contributed by atoms with Gasteiger partial charge in [0.25, 0.3) is 11.1 Å². The Kier molecular flexibility index (Phi) is 6.58. The highest BCUT2D eigenvalue weighted by molar-refractivity contribution is 7.99. The minimum atomic E-state index is 0.129. The third-order valence-electron chi connectivity index (χ3n) is 3.90. The number of ether oxygens (including phenoxy) is 1. The highest BCUT2D eigenvalue weighted by Crippen LogP contribution is 2.20. The first-order valence-electron chi connectivity index (χ1n) is 8.32. The van der Waals surface area contributed by atoms with Gasteiger partial charge in [-0.15, -0.1) is 10.2 Å². The molecule has 25 heavy (non-hydrogen) atoms. The van der Waals surface area contributed by atoms with Crippen molar-refractivity contribution in [3.05, 3.63) is 35.2 Å². The molecule has 6 nitrogen and oxygen atoms in total. The van der Waals surface area contributed by atoms with Crippen molar-refractivity contribution in [1.29, 1.82) is 0 Å². The molecule has 0 atom stereocenters. The standard InChI is InChI=1S/C17H20ClN3O3S/c18-13-5-7-14(8-6-13)23-11-15-19-20-17(24-15)25-12-16(22)21-9-3-1-2-4-10-21/h5-8H,1-4,9-12H2. The molecule has 1 aliphatic heterocycles. The van der Waals surface area contributed by atoms with E-state index in [-0.39, 0.29) is 12.5 Å². The second-order valence-electron chi connectivity index (χ2n) is 5.79. The Labute approximate surface area is 155 Å². The number of thioether (sulfide) groups is 1. The number of carbonyl (C=O) groups excluding carboxylic acids is 1. The number of halogens is 1. The van der Waals surface area contributed by atoms with Gasteiger partial charge in [0.2, 0.25) is 5.91 Å². The maximum absolute atomic E-state index is 12.2. The first-order chi connectivity index (χ1) is 12.2. The molecule has 0 bridgehead atoms. The predicted molar refractivity (Wildman–Crippen MR) is 95.9 cm³/mol. The van der Waals surface area contributed by atoms with Crippen molar-refractivity contribution >= 4 is 29.3 Å². The van der Waals surface area contributed by atoms with Crippen LogP contribution in [0, 0.1) is 0 Å². The van der Waals surface area contributed by atoms with Gasteiger partial charge in [-0.1, -0.05) is 36.2 Å². The molecule has 1 saturated heterocycles. The molecule has 1 aromatic heterocycles. The van der Waals surface area contributed by atoms with Crippen molar-refractivity contribution < 1.29 is 13.9 Å². The van der Waals surface area contributed by atoms with Crippen molar-refractivity contribution in [1.82, 2.24) is 15.1 Å². The topological polar surface area (TPSA) is 68.5 Å². The smallest absolute Gasteiger partial charge is 0.277 e.